The minimum absolute atomic E-state index is 0.00855. The lowest BCUT2D eigenvalue weighted by molar-refractivity contribution is -0.141. The number of pyridine rings is 1. The van der Waals surface area contributed by atoms with Gasteiger partial charge in [0.25, 0.3) is 0 Å². The molecule has 0 saturated heterocycles. The van der Waals surface area contributed by atoms with Gasteiger partial charge in [-0.15, -0.1) is 0 Å². The van der Waals surface area contributed by atoms with Crippen molar-refractivity contribution in [1.82, 2.24) is 15.0 Å². The fraction of sp³-hybridized carbons (Fsp3) is 0.375. The van der Waals surface area contributed by atoms with Gasteiger partial charge in [-0.1, -0.05) is 32.0 Å². The highest BCUT2D eigenvalue weighted by Gasteiger charge is 2.36. The highest BCUT2D eigenvalue weighted by molar-refractivity contribution is 7.86. The van der Waals surface area contributed by atoms with E-state index in [0.717, 1.165) is 5.69 Å². The maximum atomic E-state index is 13.3. The molecule has 2 aromatic heterocycles. The second kappa shape index (κ2) is 12.1. The van der Waals surface area contributed by atoms with Gasteiger partial charge in [-0.25, -0.2) is 14.2 Å². The summed E-state index contributed by atoms with van der Waals surface area (Å²) in [4.78, 5) is 11.3. The molecule has 1 aliphatic heterocycles. The molecule has 0 saturated carbocycles. The lowest BCUT2D eigenvalue weighted by Gasteiger charge is -2.30. The molecule has 0 aliphatic carbocycles. The fourth-order valence-electron chi connectivity index (χ4n) is 3.65. The molecule has 14 heteroatoms. The summed E-state index contributed by atoms with van der Waals surface area (Å²) >= 11 is 0. The molecule has 0 fully saturated rings. The van der Waals surface area contributed by atoms with Crippen LogP contribution in [0.3, 0.4) is 0 Å². The molecule has 3 atom stereocenters. The van der Waals surface area contributed by atoms with E-state index in [1.54, 1.807) is 18.3 Å². The van der Waals surface area contributed by atoms with Crippen LogP contribution in [0.25, 0.3) is 11.3 Å². The molecule has 0 amide bonds. The number of ether oxygens (including phenoxy) is 1. The molecule has 2 N–H and O–H groups in total. The second-order valence-electron chi connectivity index (χ2n) is 7.95. The van der Waals surface area contributed by atoms with E-state index < -0.39 is 52.4 Å². The summed E-state index contributed by atoms with van der Waals surface area (Å²) < 4.78 is 97.1. The van der Waals surface area contributed by atoms with Gasteiger partial charge in [0.1, 0.15) is 28.2 Å². The topological polar surface area (TPSA) is 97.2 Å². The highest BCUT2D eigenvalue weighted by atomic mass is 32.2. The van der Waals surface area contributed by atoms with Crippen LogP contribution in [0, 0.1) is 5.92 Å². The number of hydrogen-bond donors (Lipinski definition) is 2. The molecule has 7 nitrogen and oxygen atoms in total. The number of anilines is 1. The molecule has 0 spiro atoms. The third kappa shape index (κ3) is 7.40. The first-order chi connectivity index (χ1) is 17.9. The van der Waals surface area contributed by atoms with Crippen LogP contribution in [0.2, 0.25) is 0 Å². The molecule has 3 heterocycles. The van der Waals surface area contributed by atoms with Crippen LogP contribution in [-0.2, 0) is 23.6 Å². The molecule has 1 aromatic carbocycles. The van der Waals surface area contributed by atoms with Gasteiger partial charge < -0.3 is 9.84 Å². The Labute approximate surface area is 216 Å². The van der Waals surface area contributed by atoms with Crippen LogP contribution in [0.1, 0.15) is 36.9 Å². The van der Waals surface area contributed by atoms with Gasteiger partial charge in [-0.2, -0.15) is 26.3 Å². The predicted molar refractivity (Wildman–Crippen MR) is 128 cm³/mol. The van der Waals surface area contributed by atoms with E-state index in [1.165, 1.54) is 18.2 Å². The lowest BCUT2D eigenvalue weighted by Crippen LogP contribution is -2.28. The van der Waals surface area contributed by atoms with Crippen LogP contribution in [-0.4, -0.2) is 42.8 Å². The number of rotatable bonds is 6. The Morgan fingerprint density at radius 3 is 2.47 bits per heavy atom. The van der Waals surface area contributed by atoms with Crippen LogP contribution < -0.4 is 9.46 Å². The van der Waals surface area contributed by atoms with Crippen molar-refractivity contribution in [2.45, 2.75) is 38.7 Å². The lowest BCUT2D eigenvalue weighted by atomic mass is 9.89. The molecule has 0 bridgehead atoms. The number of aliphatic hydroxyl groups is 1. The van der Waals surface area contributed by atoms with Crippen molar-refractivity contribution in [2.24, 2.45) is 5.92 Å². The van der Waals surface area contributed by atoms with Crippen LogP contribution in [0.15, 0.2) is 48.8 Å². The van der Waals surface area contributed by atoms with E-state index in [1.807, 2.05) is 24.6 Å². The Balaban J connectivity index is 0.00000195. The number of alkyl halides is 6. The van der Waals surface area contributed by atoms with Gasteiger partial charge in [-0.05, 0) is 24.6 Å². The summed E-state index contributed by atoms with van der Waals surface area (Å²) in [6.45, 7) is 4.09. The smallest absolute Gasteiger partial charge is 0.434 e. The van der Waals surface area contributed by atoms with Crippen LogP contribution >= 0.6 is 0 Å². The minimum atomic E-state index is -4.88. The Morgan fingerprint density at radius 2 is 1.84 bits per heavy atom. The van der Waals surface area contributed by atoms with Gasteiger partial charge >= 0.3 is 12.4 Å². The fourth-order valence-corrected chi connectivity index (χ4v) is 4.38. The summed E-state index contributed by atoms with van der Waals surface area (Å²) in [6.07, 6.45) is -8.26. The van der Waals surface area contributed by atoms with E-state index in [2.05, 4.69) is 15.0 Å². The molecule has 0 radical (unpaired) electrons. The van der Waals surface area contributed by atoms with Crippen molar-refractivity contribution in [3.8, 4) is 17.0 Å². The first-order valence-corrected chi connectivity index (χ1v) is 12.7. The number of nitrogens with zero attached hydrogens (tertiary/aromatic N) is 3. The number of benzene rings is 1. The van der Waals surface area contributed by atoms with Crippen molar-refractivity contribution in [2.75, 3.05) is 17.1 Å². The maximum absolute atomic E-state index is 13.3. The van der Waals surface area contributed by atoms with Crippen molar-refractivity contribution < 1.29 is 40.4 Å². The zero-order valence-corrected chi connectivity index (χ0v) is 21.0. The predicted octanol–water partition coefficient (Wildman–Crippen LogP) is 5.51. The van der Waals surface area contributed by atoms with E-state index in [4.69, 9.17) is 4.74 Å². The van der Waals surface area contributed by atoms with Gasteiger partial charge in [0.05, 0.1) is 18.9 Å². The Bertz CT molecular complexity index is 1260. The number of hydrogen-bond acceptors (Lipinski definition) is 6. The number of nitrogens with one attached hydrogen (secondary N) is 1. The molecule has 4 rings (SSSR count). The number of halogens is 6. The Morgan fingerprint density at radius 1 is 1.11 bits per heavy atom. The normalized spacial score (nSPS) is 17.9. The van der Waals surface area contributed by atoms with Gasteiger partial charge in [0.2, 0.25) is 0 Å². The Kier molecular flexibility index (Phi) is 9.31. The number of aliphatic hydroxyl groups excluding tert-OH is 1. The first kappa shape index (κ1) is 29.3. The number of fused-ring (bicyclic) bond motifs is 1. The van der Waals surface area contributed by atoms with E-state index >= 15 is 0 Å². The zero-order valence-electron chi connectivity index (χ0n) is 20.2. The third-order valence-electron chi connectivity index (χ3n) is 5.27. The molecule has 206 valence electrons. The largest absolute Gasteiger partial charge is 0.493 e. The SMILES string of the molecule is CC.O=S(CC(F)(F)F)Nc1ncc(C(F)(F)F)nc1-c1ccc2c(c1)OCC(Cc1ccccn1)C2O. The van der Waals surface area contributed by atoms with Crippen molar-refractivity contribution in [3.63, 3.8) is 0 Å². The summed E-state index contributed by atoms with van der Waals surface area (Å²) in [5.74, 6) is -2.45. The monoisotopic (exact) mass is 562 g/mol. The summed E-state index contributed by atoms with van der Waals surface area (Å²) in [5.41, 5.74) is -0.738. The minimum Gasteiger partial charge on any atom is -0.493 e. The first-order valence-electron chi connectivity index (χ1n) is 11.4. The zero-order chi connectivity index (χ0) is 28.1. The molecular weight excluding hydrogens is 538 g/mol. The number of aromatic nitrogens is 3. The van der Waals surface area contributed by atoms with E-state index in [-0.39, 0.29) is 23.8 Å². The Hall–Kier alpha value is -3.26. The van der Waals surface area contributed by atoms with E-state index in [0.29, 0.717) is 18.2 Å². The van der Waals surface area contributed by atoms with Crippen molar-refractivity contribution in [1.29, 1.82) is 0 Å². The van der Waals surface area contributed by atoms with Crippen molar-refractivity contribution in [3.05, 3.63) is 65.7 Å². The summed E-state index contributed by atoms with van der Waals surface area (Å²) in [5, 5.41) is 10.8. The van der Waals surface area contributed by atoms with E-state index in [9.17, 15) is 35.7 Å². The average Bonchev–Trinajstić information content (AvgIpc) is 2.86. The standard InChI is InChI=1S/C22H18F6N4O3S.C2H6/c23-21(24,25)11-36(34)32-20-18(31-17(9-30-20)22(26,27)28)12-4-5-15-16(8-12)35-10-13(19(15)33)7-14-3-1-2-6-29-14;1-2/h1-6,8-9,13,19,33H,7,10-11H2,(H,30,32);1-2H3. The maximum Gasteiger partial charge on any atom is 0.434 e. The molecule has 38 heavy (non-hydrogen) atoms. The van der Waals surface area contributed by atoms with Gasteiger partial charge in [0.15, 0.2) is 11.5 Å². The molecule has 3 unspecified atom stereocenters. The molecule has 3 aromatic rings. The highest BCUT2D eigenvalue weighted by Crippen LogP contribution is 2.40. The van der Waals surface area contributed by atoms with Crippen LogP contribution in [0.4, 0.5) is 32.2 Å². The summed E-state index contributed by atoms with van der Waals surface area (Å²) in [7, 11) is -2.72. The summed E-state index contributed by atoms with van der Waals surface area (Å²) in [6, 6.07) is 9.43. The van der Waals surface area contributed by atoms with Gasteiger partial charge in [-0.3, -0.25) is 9.71 Å². The molecular formula is C24H24F6N4O3S. The van der Waals surface area contributed by atoms with Crippen LogP contribution in [0.5, 0.6) is 5.75 Å². The quantitative estimate of drug-likeness (QED) is 0.385. The van der Waals surface area contributed by atoms with Crippen molar-refractivity contribution >= 4 is 16.8 Å². The second-order valence-corrected chi connectivity index (χ2v) is 9.13. The third-order valence-corrected chi connectivity index (χ3v) is 6.28. The molecule has 1 aliphatic rings. The average molecular weight is 563 g/mol. The van der Waals surface area contributed by atoms with Gasteiger partial charge in [0, 0.05) is 28.9 Å².